The van der Waals surface area contributed by atoms with E-state index in [1.807, 2.05) is 50.4 Å². The van der Waals surface area contributed by atoms with Crippen LogP contribution in [-0.2, 0) is 0 Å². The van der Waals surface area contributed by atoms with Crippen molar-refractivity contribution in [2.45, 2.75) is 19.8 Å². The van der Waals surface area contributed by atoms with Gasteiger partial charge in [-0.15, -0.1) is 0 Å². The molecule has 1 heterocycles. The standard InChI is InChI=1S/C19H22N2O/c1-15-7-5-8-16(13-15)19(22)20(2)17-9-6-10-18(14-17)21-11-3-4-12-21/h5-10,13-14H,3-4,11-12H2,1-2H3. The molecule has 0 spiro atoms. The SMILES string of the molecule is Cc1cccc(C(=O)N(C)c2cccc(N3CCCC3)c2)c1. The maximum absolute atomic E-state index is 12.6. The van der Waals surface area contributed by atoms with Crippen LogP contribution in [-0.4, -0.2) is 26.0 Å². The smallest absolute Gasteiger partial charge is 0.258 e. The molecule has 3 rings (SSSR count). The quantitative estimate of drug-likeness (QED) is 0.858. The van der Waals surface area contributed by atoms with Gasteiger partial charge < -0.3 is 9.80 Å². The van der Waals surface area contributed by atoms with Gasteiger partial charge in [0.2, 0.25) is 0 Å². The number of carbonyl (C=O) groups is 1. The highest BCUT2D eigenvalue weighted by Crippen LogP contribution is 2.25. The molecule has 2 aromatic rings. The second-order valence-electron chi connectivity index (χ2n) is 5.95. The van der Waals surface area contributed by atoms with Gasteiger partial charge in [-0.25, -0.2) is 0 Å². The second kappa shape index (κ2) is 6.22. The summed E-state index contributed by atoms with van der Waals surface area (Å²) < 4.78 is 0. The Bertz CT molecular complexity index is 675. The molecular formula is C19H22N2O. The minimum atomic E-state index is 0.0299. The first-order chi connectivity index (χ1) is 10.6. The van der Waals surface area contributed by atoms with E-state index < -0.39 is 0 Å². The summed E-state index contributed by atoms with van der Waals surface area (Å²) in [6, 6.07) is 16.0. The van der Waals surface area contributed by atoms with Crippen LogP contribution in [0.25, 0.3) is 0 Å². The maximum atomic E-state index is 12.6. The van der Waals surface area contributed by atoms with Gasteiger partial charge in [0.1, 0.15) is 0 Å². The molecule has 3 heteroatoms. The maximum Gasteiger partial charge on any atom is 0.258 e. The lowest BCUT2D eigenvalue weighted by Crippen LogP contribution is -2.26. The largest absolute Gasteiger partial charge is 0.371 e. The Balaban J connectivity index is 1.83. The van der Waals surface area contributed by atoms with E-state index in [4.69, 9.17) is 0 Å². The summed E-state index contributed by atoms with van der Waals surface area (Å²) in [6.45, 7) is 4.22. The zero-order valence-corrected chi connectivity index (χ0v) is 13.2. The van der Waals surface area contributed by atoms with E-state index in [0.717, 1.165) is 29.9 Å². The number of rotatable bonds is 3. The fourth-order valence-corrected chi connectivity index (χ4v) is 2.96. The van der Waals surface area contributed by atoms with Crippen LogP contribution in [0.15, 0.2) is 48.5 Å². The minimum Gasteiger partial charge on any atom is -0.371 e. The average Bonchev–Trinajstić information content (AvgIpc) is 3.08. The van der Waals surface area contributed by atoms with Gasteiger partial charge in [0.05, 0.1) is 0 Å². The summed E-state index contributed by atoms with van der Waals surface area (Å²) in [4.78, 5) is 16.8. The van der Waals surface area contributed by atoms with Crippen molar-refractivity contribution in [3.63, 3.8) is 0 Å². The van der Waals surface area contributed by atoms with Gasteiger partial charge in [0, 0.05) is 37.1 Å². The van der Waals surface area contributed by atoms with Crippen molar-refractivity contribution in [3.8, 4) is 0 Å². The number of amides is 1. The van der Waals surface area contributed by atoms with Crippen LogP contribution in [0.1, 0.15) is 28.8 Å². The summed E-state index contributed by atoms with van der Waals surface area (Å²) >= 11 is 0. The zero-order valence-electron chi connectivity index (χ0n) is 13.2. The van der Waals surface area contributed by atoms with Crippen LogP contribution in [0.3, 0.4) is 0 Å². The van der Waals surface area contributed by atoms with Gasteiger partial charge in [0.25, 0.3) is 5.91 Å². The van der Waals surface area contributed by atoms with Crippen molar-refractivity contribution >= 4 is 17.3 Å². The highest BCUT2D eigenvalue weighted by Gasteiger charge is 2.16. The highest BCUT2D eigenvalue weighted by atomic mass is 16.2. The van der Waals surface area contributed by atoms with E-state index in [2.05, 4.69) is 17.0 Å². The van der Waals surface area contributed by atoms with Crippen LogP contribution in [0.2, 0.25) is 0 Å². The van der Waals surface area contributed by atoms with Crippen LogP contribution in [0.4, 0.5) is 11.4 Å². The Morgan fingerprint density at radius 2 is 1.77 bits per heavy atom. The zero-order chi connectivity index (χ0) is 15.5. The fourth-order valence-electron chi connectivity index (χ4n) is 2.96. The minimum absolute atomic E-state index is 0.0299. The van der Waals surface area contributed by atoms with Crippen LogP contribution >= 0.6 is 0 Å². The first-order valence-electron chi connectivity index (χ1n) is 7.85. The van der Waals surface area contributed by atoms with Crippen LogP contribution in [0, 0.1) is 6.92 Å². The molecule has 1 saturated heterocycles. The van der Waals surface area contributed by atoms with Crippen molar-refractivity contribution < 1.29 is 4.79 Å². The molecule has 0 bridgehead atoms. The van der Waals surface area contributed by atoms with Gasteiger partial charge in [0.15, 0.2) is 0 Å². The van der Waals surface area contributed by atoms with E-state index >= 15 is 0 Å². The van der Waals surface area contributed by atoms with Gasteiger partial charge in [-0.1, -0.05) is 23.8 Å². The van der Waals surface area contributed by atoms with Crippen molar-refractivity contribution in [3.05, 3.63) is 59.7 Å². The van der Waals surface area contributed by atoms with Crippen molar-refractivity contribution in [1.29, 1.82) is 0 Å². The van der Waals surface area contributed by atoms with E-state index in [1.165, 1.54) is 18.5 Å². The van der Waals surface area contributed by atoms with E-state index in [0.29, 0.717) is 0 Å². The molecule has 1 fully saturated rings. The molecule has 22 heavy (non-hydrogen) atoms. The summed E-state index contributed by atoms with van der Waals surface area (Å²) in [5.74, 6) is 0.0299. The fraction of sp³-hybridized carbons (Fsp3) is 0.316. The lowest BCUT2D eigenvalue weighted by molar-refractivity contribution is 0.0993. The van der Waals surface area contributed by atoms with Crippen LogP contribution in [0.5, 0.6) is 0 Å². The number of benzene rings is 2. The molecule has 0 unspecified atom stereocenters. The monoisotopic (exact) mass is 294 g/mol. The van der Waals surface area contributed by atoms with Crippen LogP contribution < -0.4 is 9.80 Å². The molecule has 2 aromatic carbocycles. The first-order valence-corrected chi connectivity index (χ1v) is 7.85. The normalized spacial score (nSPS) is 14.2. The number of hydrogen-bond donors (Lipinski definition) is 0. The summed E-state index contributed by atoms with van der Waals surface area (Å²) in [7, 11) is 1.84. The molecule has 3 nitrogen and oxygen atoms in total. The molecule has 0 aromatic heterocycles. The van der Waals surface area contributed by atoms with E-state index in [-0.39, 0.29) is 5.91 Å². The summed E-state index contributed by atoms with van der Waals surface area (Å²) in [5.41, 5.74) is 3.98. The number of nitrogens with zero attached hydrogens (tertiary/aromatic N) is 2. The molecular weight excluding hydrogens is 272 g/mol. The highest BCUT2D eigenvalue weighted by molar-refractivity contribution is 6.06. The Morgan fingerprint density at radius 1 is 1.05 bits per heavy atom. The lowest BCUT2D eigenvalue weighted by atomic mass is 10.1. The molecule has 0 radical (unpaired) electrons. The molecule has 0 N–H and O–H groups in total. The third-order valence-electron chi connectivity index (χ3n) is 4.26. The Kier molecular flexibility index (Phi) is 4.14. The molecule has 1 aliphatic rings. The van der Waals surface area contributed by atoms with Gasteiger partial charge in [-0.3, -0.25) is 4.79 Å². The third-order valence-corrected chi connectivity index (χ3v) is 4.26. The lowest BCUT2D eigenvalue weighted by Gasteiger charge is -2.22. The summed E-state index contributed by atoms with van der Waals surface area (Å²) in [6.07, 6.45) is 2.50. The van der Waals surface area contributed by atoms with E-state index in [9.17, 15) is 4.79 Å². The number of aryl methyl sites for hydroxylation is 1. The molecule has 1 aliphatic heterocycles. The van der Waals surface area contributed by atoms with Gasteiger partial charge >= 0.3 is 0 Å². The molecule has 0 saturated carbocycles. The van der Waals surface area contributed by atoms with E-state index in [1.54, 1.807) is 4.90 Å². The topological polar surface area (TPSA) is 23.6 Å². The molecule has 0 atom stereocenters. The molecule has 1 amide bonds. The Morgan fingerprint density at radius 3 is 2.50 bits per heavy atom. The second-order valence-corrected chi connectivity index (χ2v) is 5.95. The number of carbonyl (C=O) groups excluding carboxylic acids is 1. The molecule has 0 aliphatic carbocycles. The summed E-state index contributed by atoms with van der Waals surface area (Å²) in [5, 5.41) is 0. The van der Waals surface area contributed by atoms with Crippen molar-refractivity contribution in [2.24, 2.45) is 0 Å². The predicted molar refractivity (Wildman–Crippen MR) is 91.8 cm³/mol. The Hall–Kier alpha value is -2.29. The average molecular weight is 294 g/mol. The third kappa shape index (κ3) is 2.98. The predicted octanol–water partition coefficient (Wildman–Crippen LogP) is 3.87. The molecule has 114 valence electrons. The Labute approximate surface area is 132 Å². The number of anilines is 2. The van der Waals surface area contributed by atoms with Crippen molar-refractivity contribution in [1.82, 2.24) is 0 Å². The van der Waals surface area contributed by atoms with Gasteiger partial charge in [-0.2, -0.15) is 0 Å². The first kappa shape index (κ1) is 14.6. The number of hydrogen-bond acceptors (Lipinski definition) is 2. The van der Waals surface area contributed by atoms with Gasteiger partial charge in [-0.05, 0) is 50.1 Å². The van der Waals surface area contributed by atoms with Crippen molar-refractivity contribution in [2.75, 3.05) is 29.9 Å².